The molecular weight excluding hydrogens is 318 g/mol. The van der Waals surface area contributed by atoms with Gasteiger partial charge in [0, 0.05) is 6.54 Å². The summed E-state index contributed by atoms with van der Waals surface area (Å²) < 4.78 is 10.2. The fourth-order valence-corrected chi connectivity index (χ4v) is 2.95. The number of carbonyl (C=O) groups excluding carboxylic acids is 2. The van der Waals surface area contributed by atoms with Crippen molar-refractivity contribution in [2.24, 2.45) is 0 Å². The van der Waals surface area contributed by atoms with Crippen LogP contribution >= 0.6 is 0 Å². The molecule has 0 radical (unpaired) electrons. The predicted molar refractivity (Wildman–Crippen MR) is 93.6 cm³/mol. The zero-order valence-corrected chi connectivity index (χ0v) is 14.2. The molecule has 0 bridgehead atoms. The van der Waals surface area contributed by atoms with E-state index in [-0.39, 0.29) is 12.5 Å². The number of benzene rings is 2. The van der Waals surface area contributed by atoms with Crippen molar-refractivity contribution in [1.29, 1.82) is 0 Å². The number of methoxy groups -OCH3 is 1. The summed E-state index contributed by atoms with van der Waals surface area (Å²) in [4.78, 5) is 24.0. The van der Waals surface area contributed by atoms with Gasteiger partial charge < -0.3 is 14.8 Å². The van der Waals surface area contributed by atoms with Gasteiger partial charge in [-0.05, 0) is 60.2 Å². The van der Waals surface area contributed by atoms with Gasteiger partial charge in [0.25, 0.3) is 5.91 Å². The van der Waals surface area contributed by atoms with Crippen molar-refractivity contribution in [1.82, 2.24) is 5.32 Å². The highest BCUT2D eigenvalue weighted by Gasteiger charge is 2.15. The minimum absolute atomic E-state index is 0.292. The minimum Gasteiger partial charge on any atom is -0.497 e. The standard InChI is InChI=1S/C20H21NO4/c1-24-18-7-2-4-14(10-18)12-21-19(22)13-25-20(23)17-9-8-15-5-3-6-16(15)11-17/h2,4,7-11H,3,5-6,12-13H2,1H3,(H,21,22). The van der Waals surface area contributed by atoms with Gasteiger partial charge in [0.2, 0.25) is 0 Å². The van der Waals surface area contributed by atoms with Crippen molar-refractivity contribution < 1.29 is 19.1 Å². The maximum Gasteiger partial charge on any atom is 0.338 e. The van der Waals surface area contributed by atoms with E-state index in [2.05, 4.69) is 5.32 Å². The number of aryl methyl sites for hydroxylation is 2. The average molecular weight is 339 g/mol. The number of rotatable bonds is 6. The lowest BCUT2D eigenvalue weighted by molar-refractivity contribution is -0.124. The second kappa shape index (κ2) is 7.83. The van der Waals surface area contributed by atoms with Gasteiger partial charge in [0.05, 0.1) is 12.7 Å². The van der Waals surface area contributed by atoms with Gasteiger partial charge in [-0.1, -0.05) is 18.2 Å². The Bertz CT molecular complexity index is 785. The van der Waals surface area contributed by atoms with Crippen LogP contribution < -0.4 is 10.1 Å². The van der Waals surface area contributed by atoms with Crippen LogP contribution in [-0.2, 0) is 28.9 Å². The molecule has 0 aliphatic heterocycles. The first-order chi connectivity index (χ1) is 12.2. The molecule has 0 unspecified atom stereocenters. The Morgan fingerprint density at radius 2 is 1.92 bits per heavy atom. The van der Waals surface area contributed by atoms with Crippen LogP contribution in [0.25, 0.3) is 0 Å². The van der Waals surface area contributed by atoms with E-state index in [1.807, 2.05) is 36.4 Å². The number of hydrogen-bond acceptors (Lipinski definition) is 4. The molecule has 0 spiro atoms. The number of carbonyl (C=O) groups is 2. The number of ether oxygens (including phenoxy) is 2. The molecule has 0 saturated carbocycles. The molecule has 0 atom stereocenters. The van der Waals surface area contributed by atoms with E-state index in [4.69, 9.17) is 9.47 Å². The summed E-state index contributed by atoms with van der Waals surface area (Å²) in [6, 6.07) is 13.0. The van der Waals surface area contributed by atoms with Crippen LogP contribution in [0, 0.1) is 0 Å². The van der Waals surface area contributed by atoms with Gasteiger partial charge in [-0.15, -0.1) is 0 Å². The molecule has 1 N–H and O–H groups in total. The third-order valence-electron chi connectivity index (χ3n) is 4.29. The predicted octanol–water partition coefficient (Wildman–Crippen LogP) is 2.66. The Balaban J connectivity index is 1.47. The summed E-state index contributed by atoms with van der Waals surface area (Å²) in [6.07, 6.45) is 3.19. The maximum atomic E-state index is 12.1. The molecule has 5 nitrogen and oxygen atoms in total. The highest BCUT2D eigenvalue weighted by atomic mass is 16.5. The third-order valence-corrected chi connectivity index (χ3v) is 4.29. The minimum atomic E-state index is -0.466. The Morgan fingerprint density at radius 3 is 2.76 bits per heavy atom. The van der Waals surface area contributed by atoms with Crippen LogP contribution in [0.3, 0.4) is 0 Å². The molecule has 0 fully saturated rings. The lowest BCUT2D eigenvalue weighted by Crippen LogP contribution is -2.28. The van der Waals surface area contributed by atoms with Crippen LogP contribution in [0.4, 0.5) is 0 Å². The second-order valence-corrected chi connectivity index (χ2v) is 6.04. The quantitative estimate of drug-likeness (QED) is 0.822. The monoisotopic (exact) mass is 339 g/mol. The van der Waals surface area contributed by atoms with Crippen LogP contribution in [0.15, 0.2) is 42.5 Å². The number of esters is 1. The number of nitrogens with one attached hydrogen (secondary N) is 1. The van der Waals surface area contributed by atoms with Gasteiger partial charge in [-0.2, -0.15) is 0 Å². The summed E-state index contributed by atoms with van der Waals surface area (Å²) in [5, 5.41) is 2.73. The fourth-order valence-electron chi connectivity index (χ4n) is 2.95. The van der Waals surface area contributed by atoms with E-state index in [0.29, 0.717) is 12.1 Å². The molecule has 1 aliphatic rings. The SMILES string of the molecule is COc1cccc(CNC(=O)COC(=O)c2ccc3c(c2)CCC3)c1. The topological polar surface area (TPSA) is 64.6 Å². The summed E-state index contributed by atoms with van der Waals surface area (Å²) >= 11 is 0. The summed E-state index contributed by atoms with van der Waals surface area (Å²) in [5.74, 6) is -0.0710. The van der Waals surface area contributed by atoms with Crippen molar-refractivity contribution in [3.63, 3.8) is 0 Å². The molecule has 25 heavy (non-hydrogen) atoms. The first-order valence-electron chi connectivity index (χ1n) is 8.34. The van der Waals surface area contributed by atoms with Crippen molar-refractivity contribution in [2.75, 3.05) is 13.7 Å². The molecule has 130 valence electrons. The lowest BCUT2D eigenvalue weighted by atomic mass is 10.1. The molecule has 0 heterocycles. The summed E-state index contributed by atoms with van der Waals surface area (Å²) in [7, 11) is 1.59. The van der Waals surface area contributed by atoms with Crippen LogP contribution in [0.5, 0.6) is 5.75 Å². The van der Waals surface area contributed by atoms with Crippen LogP contribution in [0.2, 0.25) is 0 Å². The molecule has 0 aromatic heterocycles. The number of fused-ring (bicyclic) bond motifs is 1. The van der Waals surface area contributed by atoms with Gasteiger partial charge in [0.15, 0.2) is 6.61 Å². The lowest BCUT2D eigenvalue weighted by Gasteiger charge is -2.08. The zero-order valence-electron chi connectivity index (χ0n) is 14.2. The van der Waals surface area contributed by atoms with Crippen molar-refractivity contribution in [3.05, 3.63) is 64.7 Å². The summed E-state index contributed by atoms with van der Waals surface area (Å²) in [6.45, 7) is 0.0618. The van der Waals surface area contributed by atoms with E-state index < -0.39 is 5.97 Å². The van der Waals surface area contributed by atoms with Gasteiger partial charge in [0.1, 0.15) is 5.75 Å². The van der Waals surface area contributed by atoms with Crippen molar-refractivity contribution in [2.45, 2.75) is 25.8 Å². The molecule has 0 saturated heterocycles. The first kappa shape index (κ1) is 17.0. The largest absolute Gasteiger partial charge is 0.497 e. The molecule has 5 heteroatoms. The zero-order chi connectivity index (χ0) is 17.6. The van der Waals surface area contributed by atoms with Gasteiger partial charge in [-0.3, -0.25) is 4.79 Å². The van der Waals surface area contributed by atoms with E-state index in [1.54, 1.807) is 13.2 Å². The van der Waals surface area contributed by atoms with Crippen LogP contribution in [-0.4, -0.2) is 25.6 Å². The van der Waals surface area contributed by atoms with E-state index >= 15 is 0 Å². The van der Waals surface area contributed by atoms with E-state index in [9.17, 15) is 9.59 Å². The van der Waals surface area contributed by atoms with Crippen molar-refractivity contribution >= 4 is 11.9 Å². The van der Waals surface area contributed by atoms with Crippen molar-refractivity contribution in [3.8, 4) is 5.75 Å². The smallest absolute Gasteiger partial charge is 0.338 e. The highest BCUT2D eigenvalue weighted by molar-refractivity contribution is 5.91. The second-order valence-electron chi connectivity index (χ2n) is 6.04. The molecule has 1 aliphatic carbocycles. The summed E-state index contributed by atoms with van der Waals surface area (Å²) in [5.41, 5.74) is 3.92. The van der Waals surface area contributed by atoms with E-state index in [0.717, 1.165) is 30.6 Å². The Morgan fingerprint density at radius 1 is 1.08 bits per heavy atom. The van der Waals surface area contributed by atoms with Crippen LogP contribution in [0.1, 0.15) is 33.5 Å². The molecule has 3 rings (SSSR count). The van der Waals surface area contributed by atoms with Gasteiger partial charge >= 0.3 is 5.97 Å². The molecule has 2 aromatic rings. The Hall–Kier alpha value is -2.82. The molecule has 2 aromatic carbocycles. The molecular formula is C20H21NO4. The highest BCUT2D eigenvalue weighted by Crippen LogP contribution is 2.23. The van der Waals surface area contributed by atoms with Gasteiger partial charge in [-0.25, -0.2) is 4.79 Å². The number of amides is 1. The third kappa shape index (κ3) is 4.38. The Labute approximate surface area is 147 Å². The maximum absolute atomic E-state index is 12.1. The average Bonchev–Trinajstić information content (AvgIpc) is 3.12. The number of hydrogen-bond donors (Lipinski definition) is 1. The first-order valence-corrected chi connectivity index (χ1v) is 8.34. The fraction of sp³-hybridized carbons (Fsp3) is 0.300. The normalized spacial score (nSPS) is 12.4. The molecule has 1 amide bonds. The Kier molecular flexibility index (Phi) is 5.33. The van der Waals surface area contributed by atoms with E-state index in [1.165, 1.54) is 11.1 Å².